The Hall–Kier alpha value is -0.210. The Morgan fingerprint density at radius 1 is 1.15 bits per heavy atom. The fourth-order valence-corrected chi connectivity index (χ4v) is 4.84. The Morgan fingerprint density at radius 3 is 2.45 bits per heavy atom. The van der Waals surface area contributed by atoms with Crippen LogP contribution in [0.25, 0.3) is 0 Å². The van der Waals surface area contributed by atoms with Gasteiger partial charge in [-0.15, -0.1) is 0 Å². The Morgan fingerprint density at radius 2 is 1.80 bits per heavy atom. The second kappa shape index (κ2) is 7.17. The van der Waals surface area contributed by atoms with Crippen LogP contribution < -0.4 is 0 Å². The molecule has 0 aliphatic carbocycles. The average Bonchev–Trinajstić information content (AvgIpc) is 2.48. The number of rotatable bonds is 5. The molecule has 118 valence electrons. The van der Waals surface area contributed by atoms with Crippen molar-refractivity contribution in [3.63, 3.8) is 0 Å². The first-order chi connectivity index (χ1) is 9.57. The Kier molecular flexibility index (Phi) is 5.80. The number of aliphatic hydroxyl groups excluding tert-OH is 1. The van der Waals surface area contributed by atoms with E-state index >= 15 is 0 Å². The lowest BCUT2D eigenvalue weighted by Crippen LogP contribution is -2.52. The number of nitrogens with zero attached hydrogens (tertiary/aromatic N) is 2. The zero-order valence-electron chi connectivity index (χ0n) is 12.2. The summed E-state index contributed by atoms with van der Waals surface area (Å²) in [7, 11) is -3.40. The topological polar surface area (TPSA) is 70.1 Å². The summed E-state index contributed by atoms with van der Waals surface area (Å²) < 4.78 is 34.0. The fourth-order valence-electron chi connectivity index (χ4n) is 3.04. The molecule has 0 aromatic carbocycles. The molecule has 2 rings (SSSR count). The molecule has 2 aliphatic heterocycles. The van der Waals surface area contributed by atoms with Gasteiger partial charge in [0.15, 0.2) is 0 Å². The summed E-state index contributed by atoms with van der Waals surface area (Å²) in [5.74, 6) is 0.0750. The van der Waals surface area contributed by atoms with Crippen LogP contribution in [0.2, 0.25) is 0 Å². The molecule has 2 unspecified atom stereocenters. The number of aliphatic hydroxyl groups is 1. The molecule has 0 aromatic heterocycles. The highest BCUT2D eigenvalue weighted by Crippen LogP contribution is 2.24. The summed E-state index contributed by atoms with van der Waals surface area (Å²) >= 11 is 0. The molecule has 0 spiro atoms. The molecule has 2 heterocycles. The predicted octanol–water partition coefficient (Wildman–Crippen LogP) is 0.436. The van der Waals surface area contributed by atoms with Gasteiger partial charge in [0.25, 0.3) is 10.2 Å². The van der Waals surface area contributed by atoms with E-state index in [9.17, 15) is 13.5 Å². The van der Waals surface area contributed by atoms with Crippen molar-refractivity contribution in [2.75, 3.05) is 39.4 Å². The third kappa shape index (κ3) is 3.71. The van der Waals surface area contributed by atoms with E-state index in [0.717, 1.165) is 25.7 Å². The van der Waals surface area contributed by atoms with Crippen molar-refractivity contribution in [3.8, 4) is 0 Å². The molecule has 1 N–H and O–H groups in total. The van der Waals surface area contributed by atoms with Gasteiger partial charge in [-0.25, -0.2) is 0 Å². The van der Waals surface area contributed by atoms with E-state index in [1.165, 1.54) is 4.31 Å². The van der Waals surface area contributed by atoms with Gasteiger partial charge in [0, 0.05) is 39.4 Å². The van der Waals surface area contributed by atoms with Gasteiger partial charge in [-0.2, -0.15) is 17.0 Å². The van der Waals surface area contributed by atoms with E-state index in [0.29, 0.717) is 32.8 Å². The molecule has 0 amide bonds. The fraction of sp³-hybridized carbons (Fsp3) is 1.00. The van der Waals surface area contributed by atoms with Crippen molar-refractivity contribution < 1.29 is 18.3 Å². The van der Waals surface area contributed by atoms with Crippen molar-refractivity contribution in [2.45, 2.75) is 38.7 Å². The first-order valence-electron chi connectivity index (χ1n) is 7.55. The molecule has 0 saturated carbocycles. The lowest BCUT2D eigenvalue weighted by atomic mass is 10.0. The number of hydrogen-bond acceptors (Lipinski definition) is 4. The monoisotopic (exact) mass is 306 g/mol. The number of ether oxygens (including phenoxy) is 1. The van der Waals surface area contributed by atoms with Gasteiger partial charge < -0.3 is 9.84 Å². The van der Waals surface area contributed by atoms with Crippen molar-refractivity contribution >= 4 is 10.2 Å². The first-order valence-corrected chi connectivity index (χ1v) is 8.95. The van der Waals surface area contributed by atoms with Crippen molar-refractivity contribution in [1.82, 2.24) is 8.61 Å². The SMILES string of the molecule is CCOC1CCCN(S(=O)(=O)N2CCCC(CO)C2)C1. The first kappa shape index (κ1) is 16.2. The average molecular weight is 306 g/mol. The summed E-state index contributed by atoms with van der Waals surface area (Å²) in [5.41, 5.74) is 0. The third-order valence-electron chi connectivity index (χ3n) is 4.14. The lowest BCUT2D eigenvalue weighted by molar-refractivity contribution is 0.0245. The van der Waals surface area contributed by atoms with Gasteiger partial charge in [0.1, 0.15) is 0 Å². The molecule has 0 aromatic rings. The Labute approximate surface area is 121 Å². The Balaban J connectivity index is 2.01. The van der Waals surface area contributed by atoms with Crippen LogP contribution in [0.3, 0.4) is 0 Å². The maximum absolute atomic E-state index is 12.7. The molecule has 0 bridgehead atoms. The van der Waals surface area contributed by atoms with Gasteiger partial charge in [0.2, 0.25) is 0 Å². The van der Waals surface area contributed by atoms with Gasteiger partial charge in [-0.05, 0) is 38.5 Å². The highest BCUT2D eigenvalue weighted by Gasteiger charge is 2.36. The standard InChI is InChI=1S/C13H26N2O4S/c1-2-19-13-6-4-8-15(10-13)20(17,18)14-7-3-5-12(9-14)11-16/h12-13,16H,2-11H2,1H3. The molecule has 7 heteroatoms. The van der Waals surface area contributed by atoms with E-state index in [2.05, 4.69) is 0 Å². The summed E-state index contributed by atoms with van der Waals surface area (Å²) in [6.07, 6.45) is 3.53. The second-order valence-electron chi connectivity index (χ2n) is 5.63. The number of hydrogen-bond donors (Lipinski definition) is 1. The van der Waals surface area contributed by atoms with Gasteiger partial charge in [-0.3, -0.25) is 0 Å². The molecule has 6 nitrogen and oxygen atoms in total. The van der Waals surface area contributed by atoms with Crippen LogP contribution in [0.15, 0.2) is 0 Å². The maximum Gasteiger partial charge on any atom is 0.282 e. The molecular formula is C13H26N2O4S. The third-order valence-corrected chi connectivity index (χ3v) is 6.10. The van der Waals surface area contributed by atoms with Crippen molar-refractivity contribution in [1.29, 1.82) is 0 Å². The van der Waals surface area contributed by atoms with Crippen molar-refractivity contribution in [3.05, 3.63) is 0 Å². The molecule has 2 saturated heterocycles. The molecule has 20 heavy (non-hydrogen) atoms. The minimum absolute atomic E-state index is 0.0157. The number of piperidine rings is 2. The van der Waals surface area contributed by atoms with Crippen LogP contribution in [0, 0.1) is 5.92 Å². The van der Waals surface area contributed by atoms with Crippen LogP contribution in [0.5, 0.6) is 0 Å². The van der Waals surface area contributed by atoms with Gasteiger partial charge in [-0.1, -0.05) is 0 Å². The molecule has 2 atom stereocenters. The van der Waals surface area contributed by atoms with Gasteiger partial charge in [0.05, 0.1) is 6.10 Å². The maximum atomic E-state index is 12.7. The van der Waals surface area contributed by atoms with E-state index in [1.807, 2.05) is 6.92 Å². The molecular weight excluding hydrogens is 280 g/mol. The highest BCUT2D eigenvalue weighted by molar-refractivity contribution is 7.86. The molecule has 2 fully saturated rings. The minimum Gasteiger partial charge on any atom is -0.396 e. The summed E-state index contributed by atoms with van der Waals surface area (Å²) in [6, 6.07) is 0. The Bertz CT molecular complexity index is 399. The normalized spacial score (nSPS) is 30.5. The minimum atomic E-state index is -3.40. The summed E-state index contributed by atoms with van der Waals surface area (Å²) in [6.45, 7) is 4.65. The van der Waals surface area contributed by atoms with Crippen LogP contribution in [0.1, 0.15) is 32.6 Å². The highest BCUT2D eigenvalue weighted by atomic mass is 32.2. The summed E-state index contributed by atoms with van der Waals surface area (Å²) in [4.78, 5) is 0. The van der Waals surface area contributed by atoms with E-state index < -0.39 is 10.2 Å². The predicted molar refractivity (Wildman–Crippen MR) is 76.5 cm³/mol. The molecule has 0 radical (unpaired) electrons. The van der Waals surface area contributed by atoms with E-state index in [1.54, 1.807) is 4.31 Å². The second-order valence-corrected chi connectivity index (χ2v) is 7.56. The van der Waals surface area contributed by atoms with Gasteiger partial charge >= 0.3 is 0 Å². The van der Waals surface area contributed by atoms with E-state index in [4.69, 9.17) is 4.74 Å². The van der Waals surface area contributed by atoms with Crippen molar-refractivity contribution in [2.24, 2.45) is 5.92 Å². The quantitative estimate of drug-likeness (QED) is 0.800. The zero-order chi connectivity index (χ0) is 14.6. The summed E-state index contributed by atoms with van der Waals surface area (Å²) in [5, 5.41) is 9.24. The van der Waals surface area contributed by atoms with Crippen LogP contribution in [0.4, 0.5) is 0 Å². The van der Waals surface area contributed by atoms with Crippen LogP contribution >= 0.6 is 0 Å². The molecule has 2 aliphatic rings. The smallest absolute Gasteiger partial charge is 0.282 e. The zero-order valence-corrected chi connectivity index (χ0v) is 13.0. The largest absolute Gasteiger partial charge is 0.396 e. The van der Waals surface area contributed by atoms with Crippen LogP contribution in [-0.4, -0.2) is 67.6 Å². The van der Waals surface area contributed by atoms with E-state index in [-0.39, 0.29) is 18.6 Å². The lowest BCUT2D eigenvalue weighted by Gasteiger charge is -2.38. The van der Waals surface area contributed by atoms with Crippen LogP contribution in [-0.2, 0) is 14.9 Å².